The average Bonchev–Trinajstić information content (AvgIpc) is 3.15. The van der Waals surface area contributed by atoms with E-state index in [0.717, 1.165) is 55.8 Å². The van der Waals surface area contributed by atoms with Crippen molar-refractivity contribution < 1.29 is 14.6 Å². The third-order valence-corrected chi connectivity index (χ3v) is 7.20. The van der Waals surface area contributed by atoms with E-state index in [0.29, 0.717) is 11.3 Å². The summed E-state index contributed by atoms with van der Waals surface area (Å²) in [5.41, 5.74) is 1.83. The molecule has 0 aromatic heterocycles. The molecule has 5 nitrogen and oxygen atoms in total. The number of hydrogen-bond donors (Lipinski definition) is 1. The van der Waals surface area contributed by atoms with Crippen molar-refractivity contribution in [3.63, 3.8) is 0 Å². The largest absolute Gasteiger partial charge is 0.472 e. The number of rotatable bonds is 3. The second-order valence-corrected chi connectivity index (χ2v) is 9.19. The summed E-state index contributed by atoms with van der Waals surface area (Å²) in [6.45, 7) is 3.25. The fourth-order valence-electron chi connectivity index (χ4n) is 4.75. The van der Waals surface area contributed by atoms with Crippen LogP contribution in [0.5, 0.6) is 5.75 Å². The van der Waals surface area contributed by atoms with E-state index in [1.165, 1.54) is 10.9 Å². The summed E-state index contributed by atoms with van der Waals surface area (Å²) in [7, 11) is 0. The lowest BCUT2D eigenvalue weighted by Crippen LogP contribution is -2.48. The number of amides is 1. The second kappa shape index (κ2) is 7.58. The molecule has 3 aliphatic rings. The van der Waals surface area contributed by atoms with Gasteiger partial charge in [0.15, 0.2) is 6.73 Å². The van der Waals surface area contributed by atoms with Gasteiger partial charge in [0.1, 0.15) is 5.75 Å². The zero-order valence-corrected chi connectivity index (χ0v) is 16.8. The molecule has 2 atom stereocenters. The number of aliphatic hydroxyl groups is 1. The highest BCUT2D eigenvalue weighted by molar-refractivity contribution is 7.99. The Labute approximate surface area is 169 Å². The minimum Gasteiger partial charge on any atom is -0.472 e. The fraction of sp³-hybridized carbons (Fsp3) is 0.500. The lowest BCUT2D eigenvalue weighted by Gasteiger charge is -2.36. The normalized spacial score (nSPS) is 25.8. The standard InChI is InChI=1S/C22H26N2O3S/c25-20-7-3-6-19(20)24-14-27-21-17-5-2-1-4-16(17)15(12-18(21)22(24)26)13-23-8-10-28-11-9-23/h1-2,4-5,12,19-20,25H,3,6-11,13-14H2/t19-,20-/m0/s1. The van der Waals surface area contributed by atoms with Crippen molar-refractivity contribution in [3.05, 3.63) is 41.5 Å². The van der Waals surface area contributed by atoms with Crippen LogP contribution in [-0.2, 0) is 6.54 Å². The zero-order valence-electron chi connectivity index (χ0n) is 16.0. The molecule has 2 aliphatic heterocycles. The number of aliphatic hydroxyl groups excluding tert-OH is 1. The second-order valence-electron chi connectivity index (χ2n) is 7.96. The maximum Gasteiger partial charge on any atom is 0.260 e. The summed E-state index contributed by atoms with van der Waals surface area (Å²) >= 11 is 2.00. The number of fused-ring (bicyclic) bond motifs is 3. The number of carbonyl (C=O) groups is 1. The Balaban J connectivity index is 1.54. The highest BCUT2D eigenvalue weighted by Crippen LogP contribution is 2.38. The van der Waals surface area contributed by atoms with Crippen LogP contribution in [0.25, 0.3) is 10.8 Å². The first kappa shape index (κ1) is 18.3. The maximum atomic E-state index is 13.4. The third-order valence-electron chi connectivity index (χ3n) is 6.26. The van der Waals surface area contributed by atoms with Gasteiger partial charge in [-0.05, 0) is 36.3 Å². The first-order chi connectivity index (χ1) is 13.7. The van der Waals surface area contributed by atoms with Gasteiger partial charge in [-0.1, -0.05) is 24.3 Å². The molecule has 0 bridgehead atoms. The molecular weight excluding hydrogens is 372 g/mol. The maximum absolute atomic E-state index is 13.4. The Bertz CT molecular complexity index is 897. The lowest BCUT2D eigenvalue weighted by molar-refractivity contribution is 0.0132. The molecule has 2 aromatic rings. The molecule has 2 fully saturated rings. The molecule has 2 aromatic carbocycles. The molecule has 6 heteroatoms. The Morgan fingerprint density at radius 3 is 2.68 bits per heavy atom. The molecular formula is C22H26N2O3S. The number of ether oxygens (including phenoxy) is 1. The first-order valence-corrected chi connectivity index (χ1v) is 11.3. The Morgan fingerprint density at radius 1 is 1.14 bits per heavy atom. The van der Waals surface area contributed by atoms with Crippen molar-refractivity contribution >= 4 is 28.4 Å². The molecule has 1 amide bonds. The highest BCUT2D eigenvalue weighted by Gasteiger charge is 2.38. The van der Waals surface area contributed by atoms with Crippen molar-refractivity contribution in [2.24, 2.45) is 0 Å². The van der Waals surface area contributed by atoms with Crippen LogP contribution in [0.4, 0.5) is 0 Å². The Hall–Kier alpha value is -1.76. The van der Waals surface area contributed by atoms with Crippen molar-refractivity contribution in [1.82, 2.24) is 9.80 Å². The van der Waals surface area contributed by atoms with Gasteiger partial charge in [-0.25, -0.2) is 0 Å². The van der Waals surface area contributed by atoms with Crippen LogP contribution in [0.1, 0.15) is 35.2 Å². The van der Waals surface area contributed by atoms with E-state index < -0.39 is 6.10 Å². The molecule has 5 rings (SSSR count). The van der Waals surface area contributed by atoms with E-state index in [1.807, 2.05) is 23.9 Å². The van der Waals surface area contributed by atoms with Crippen LogP contribution in [0, 0.1) is 0 Å². The minimum atomic E-state index is -0.445. The van der Waals surface area contributed by atoms with Crippen molar-refractivity contribution in [2.75, 3.05) is 31.3 Å². The number of hydrogen-bond acceptors (Lipinski definition) is 5. The molecule has 1 aliphatic carbocycles. The van der Waals surface area contributed by atoms with Gasteiger partial charge in [-0.3, -0.25) is 14.6 Å². The topological polar surface area (TPSA) is 53.0 Å². The zero-order chi connectivity index (χ0) is 19.1. The summed E-state index contributed by atoms with van der Waals surface area (Å²) in [4.78, 5) is 17.6. The van der Waals surface area contributed by atoms with E-state index in [1.54, 1.807) is 4.90 Å². The first-order valence-electron chi connectivity index (χ1n) is 10.2. The van der Waals surface area contributed by atoms with Crippen LogP contribution in [0.2, 0.25) is 0 Å². The van der Waals surface area contributed by atoms with Gasteiger partial charge in [-0.2, -0.15) is 11.8 Å². The smallest absolute Gasteiger partial charge is 0.260 e. The highest BCUT2D eigenvalue weighted by atomic mass is 32.2. The fourth-order valence-corrected chi connectivity index (χ4v) is 5.73. The molecule has 0 radical (unpaired) electrons. The molecule has 1 saturated carbocycles. The van der Waals surface area contributed by atoms with Crippen molar-refractivity contribution in [3.8, 4) is 5.75 Å². The van der Waals surface area contributed by atoms with E-state index >= 15 is 0 Å². The summed E-state index contributed by atoms with van der Waals surface area (Å²) < 4.78 is 6.10. The van der Waals surface area contributed by atoms with Gasteiger partial charge in [-0.15, -0.1) is 0 Å². The van der Waals surface area contributed by atoms with E-state index in [2.05, 4.69) is 23.1 Å². The molecule has 1 saturated heterocycles. The molecule has 0 spiro atoms. The van der Waals surface area contributed by atoms with E-state index in [4.69, 9.17) is 4.74 Å². The van der Waals surface area contributed by atoms with Crippen LogP contribution >= 0.6 is 11.8 Å². The summed E-state index contributed by atoms with van der Waals surface area (Å²) in [6.07, 6.45) is 2.12. The van der Waals surface area contributed by atoms with Crippen LogP contribution in [0.3, 0.4) is 0 Å². The van der Waals surface area contributed by atoms with Crippen LogP contribution in [-0.4, -0.2) is 64.3 Å². The minimum absolute atomic E-state index is 0.00611. The van der Waals surface area contributed by atoms with Crippen LogP contribution < -0.4 is 4.74 Å². The molecule has 28 heavy (non-hydrogen) atoms. The molecule has 2 heterocycles. The monoisotopic (exact) mass is 398 g/mol. The number of carbonyl (C=O) groups excluding carboxylic acids is 1. The summed E-state index contributed by atoms with van der Waals surface area (Å²) in [5.74, 6) is 3.02. The Morgan fingerprint density at radius 2 is 1.93 bits per heavy atom. The number of thioether (sulfide) groups is 1. The van der Waals surface area contributed by atoms with E-state index in [9.17, 15) is 9.90 Å². The quantitative estimate of drug-likeness (QED) is 0.861. The number of benzene rings is 2. The van der Waals surface area contributed by atoms with Gasteiger partial charge in [0.05, 0.1) is 17.7 Å². The van der Waals surface area contributed by atoms with Crippen molar-refractivity contribution in [1.29, 1.82) is 0 Å². The summed E-state index contributed by atoms with van der Waals surface area (Å²) in [5, 5.41) is 12.5. The molecule has 1 N–H and O–H groups in total. The molecule has 148 valence electrons. The SMILES string of the molecule is O=C1c2cc(CN3CCSCC3)c3ccccc3c2OCN1[C@H]1CCC[C@@H]1O. The Kier molecular flexibility index (Phi) is 4.95. The predicted octanol–water partition coefficient (Wildman–Crippen LogP) is 3.09. The van der Waals surface area contributed by atoms with E-state index in [-0.39, 0.29) is 18.7 Å². The van der Waals surface area contributed by atoms with Gasteiger partial charge in [0.2, 0.25) is 0 Å². The molecule has 0 unspecified atom stereocenters. The third kappa shape index (κ3) is 3.17. The van der Waals surface area contributed by atoms with Gasteiger partial charge in [0.25, 0.3) is 5.91 Å². The lowest BCUT2D eigenvalue weighted by atomic mass is 9.97. The van der Waals surface area contributed by atoms with Crippen LogP contribution in [0.15, 0.2) is 30.3 Å². The van der Waals surface area contributed by atoms with Gasteiger partial charge < -0.3 is 9.84 Å². The predicted molar refractivity (Wildman–Crippen MR) is 112 cm³/mol. The van der Waals surface area contributed by atoms with Gasteiger partial charge in [0, 0.05) is 36.5 Å². The summed E-state index contributed by atoms with van der Waals surface area (Å²) in [6, 6.07) is 10.1. The average molecular weight is 399 g/mol. The van der Waals surface area contributed by atoms with Crippen molar-refractivity contribution in [2.45, 2.75) is 38.0 Å². The number of nitrogens with zero attached hydrogens (tertiary/aromatic N) is 2. The van der Waals surface area contributed by atoms with Gasteiger partial charge >= 0.3 is 0 Å².